The highest BCUT2D eigenvalue weighted by Crippen LogP contribution is 2.27. The predicted molar refractivity (Wildman–Crippen MR) is 105 cm³/mol. The van der Waals surface area contributed by atoms with E-state index < -0.39 is 5.97 Å². The number of rotatable bonds is 6. The lowest BCUT2D eigenvalue weighted by Gasteiger charge is -2.19. The highest BCUT2D eigenvalue weighted by Gasteiger charge is 2.11. The van der Waals surface area contributed by atoms with Crippen molar-refractivity contribution in [1.82, 2.24) is 9.97 Å². The molecular weight excluding hydrogens is 358 g/mol. The van der Waals surface area contributed by atoms with Gasteiger partial charge in [-0.05, 0) is 35.9 Å². The summed E-state index contributed by atoms with van der Waals surface area (Å²) in [6.45, 7) is 8.09. The zero-order chi connectivity index (χ0) is 20.1. The van der Waals surface area contributed by atoms with Gasteiger partial charge in [-0.1, -0.05) is 27.7 Å². The fourth-order valence-electron chi connectivity index (χ4n) is 1.64. The van der Waals surface area contributed by atoms with E-state index in [1.807, 2.05) is 27.7 Å². The number of anilines is 3. The summed E-state index contributed by atoms with van der Waals surface area (Å²) in [6, 6.07) is 6.70. The van der Waals surface area contributed by atoms with E-state index in [2.05, 4.69) is 9.97 Å². The number of halogens is 1. The molecule has 2 rings (SSSR count). The van der Waals surface area contributed by atoms with Gasteiger partial charge in [0.25, 0.3) is 0 Å². The van der Waals surface area contributed by atoms with Crippen molar-refractivity contribution in [3.05, 3.63) is 35.7 Å². The molecule has 1 aromatic carbocycles. The van der Waals surface area contributed by atoms with Crippen LogP contribution in [0.5, 0.6) is 5.75 Å². The van der Waals surface area contributed by atoms with E-state index in [9.17, 15) is 4.79 Å². The predicted octanol–water partition coefficient (Wildman–Crippen LogP) is 3.63. The minimum absolute atomic E-state index is 0.0354. The first kappa shape index (κ1) is 23.4. The smallest absolute Gasteiger partial charge is 0.306 e. The van der Waals surface area contributed by atoms with Crippen LogP contribution in [0.3, 0.4) is 0 Å². The molecule has 1 aromatic heterocycles. The van der Waals surface area contributed by atoms with E-state index in [0.29, 0.717) is 11.4 Å². The standard InChI is InChI=1S/C13H14ClN5O3.2C2H6/c14-13-17-7-10(15)12(18-13)19(16)8-1-3-9(4-2-8)22-6-5-11(20)21;2*1-2/h1-4,7H,5-6,15-16H2,(H,20,21);2*1-2H3. The monoisotopic (exact) mass is 383 g/mol. The van der Waals surface area contributed by atoms with Crippen molar-refractivity contribution >= 4 is 34.8 Å². The van der Waals surface area contributed by atoms with Gasteiger partial charge >= 0.3 is 5.97 Å². The number of nitrogen functional groups attached to an aromatic ring is 1. The molecule has 0 amide bonds. The third-order valence-electron chi connectivity index (χ3n) is 2.69. The zero-order valence-electron chi connectivity index (χ0n) is 15.4. The van der Waals surface area contributed by atoms with Gasteiger partial charge in [0.2, 0.25) is 5.28 Å². The van der Waals surface area contributed by atoms with Crippen molar-refractivity contribution in [1.29, 1.82) is 0 Å². The second-order valence-corrected chi connectivity index (χ2v) is 4.61. The van der Waals surface area contributed by atoms with Gasteiger partial charge in [-0.3, -0.25) is 9.80 Å². The molecule has 0 spiro atoms. The number of hydrogen-bond donors (Lipinski definition) is 3. The van der Waals surface area contributed by atoms with Crippen LogP contribution in [0, 0.1) is 0 Å². The SMILES string of the molecule is CC.CC.Nc1cnc(Cl)nc1N(N)c1ccc(OCCC(=O)O)cc1. The van der Waals surface area contributed by atoms with Crippen molar-refractivity contribution in [2.24, 2.45) is 5.84 Å². The van der Waals surface area contributed by atoms with E-state index in [4.69, 9.17) is 33.0 Å². The summed E-state index contributed by atoms with van der Waals surface area (Å²) in [5, 5.41) is 9.85. The van der Waals surface area contributed by atoms with Gasteiger partial charge in [0, 0.05) is 0 Å². The van der Waals surface area contributed by atoms with E-state index in [-0.39, 0.29) is 29.8 Å². The Morgan fingerprint density at radius 1 is 1.23 bits per heavy atom. The van der Waals surface area contributed by atoms with Gasteiger partial charge in [0.15, 0.2) is 5.82 Å². The third kappa shape index (κ3) is 7.54. The molecule has 0 fully saturated rings. The number of benzene rings is 1. The molecule has 2 aromatic rings. The summed E-state index contributed by atoms with van der Waals surface area (Å²) in [5.74, 6) is 5.86. The Bertz CT molecular complexity index is 668. The van der Waals surface area contributed by atoms with Crippen LogP contribution in [0.4, 0.5) is 17.2 Å². The number of hydrogen-bond acceptors (Lipinski definition) is 7. The average molecular weight is 384 g/mol. The molecule has 0 radical (unpaired) electrons. The lowest BCUT2D eigenvalue weighted by Crippen LogP contribution is -2.27. The fraction of sp³-hybridized carbons (Fsp3) is 0.353. The number of aromatic nitrogens is 2. The van der Waals surface area contributed by atoms with Crippen LogP contribution in [0.1, 0.15) is 34.1 Å². The molecule has 26 heavy (non-hydrogen) atoms. The van der Waals surface area contributed by atoms with Gasteiger partial charge in [0.05, 0.1) is 30.6 Å². The molecule has 0 saturated heterocycles. The number of carboxylic acids is 1. The van der Waals surface area contributed by atoms with Crippen LogP contribution >= 0.6 is 11.6 Å². The van der Waals surface area contributed by atoms with Crippen molar-refractivity contribution in [3.8, 4) is 5.75 Å². The summed E-state index contributed by atoms with van der Waals surface area (Å²) < 4.78 is 5.29. The molecule has 0 unspecified atom stereocenters. The van der Waals surface area contributed by atoms with E-state index in [1.54, 1.807) is 24.3 Å². The number of ether oxygens (including phenoxy) is 1. The lowest BCUT2D eigenvalue weighted by atomic mass is 10.3. The maximum atomic E-state index is 10.4. The van der Waals surface area contributed by atoms with Crippen LogP contribution < -0.4 is 21.3 Å². The van der Waals surface area contributed by atoms with Gasteiger partial charge in [-0.25, -0.2) is 10.8 Å². The van der Waals surface area contributed by atoms with E-state index >= 15 is 0 Å². The Kier molecular flexibility index (Phi) is 11.5. The van der Waals surface area contributed by atoms with Crippen molar-refractivity contribution < 1.29 is 14.6 Å². The summed E-state index contributed by atoms with van der Waals surface area (Å²) in [6.07, 6.45) is 1.30. The van der Waals surface area contributed by atoms with E-state index in [1.165, 1.54) is 11.2 Å². The number of nitrogens with zero attached hydrogens (tertiary/aromatic N) is 3. The third-order valence-corrected chi connectivity index (χ3v) is 2.88. The molecule has 0 aliphatic carbocycles. The highest BCUT2D eigenvalue weighted by atomic mass is 35.5. The summed E-state index contributed by atoms with van der Waals surface area (Å²) in [4.78, 5) is 18.1. The minimum Gasteiger partial charge on any atom is -0.493 e. The van der Waals surface area contributed by atoms with Gasteiger partial charge in [-0.2, -0.15) is 4.98 Å². The maximum absolute atomic E-state index is 10.4. The molecule has 0 saturated carbocycles. The van der Waals surface area contributed by atoms with Gasteiger partial charge < -0.3 is 15.6 Å². The molecule has 8 nitrogen and oxygen atoms in total. The molecule has 0 bridgehead atoms. The average Bonchev–Trinajstić information content (AvgIpc) is 2.67. The van der Waals surface area contributed by atoms with Crippen LogP contribution in [0.15, 0.2) is 30.5 Å². The summed E-state index contributed by atoms with van der Waals surface area (Å²) in [5.41, 5.74) is 6.66. The quantitative estimate of drug-likeness (QED) is 0.392. The second kappa shape index (κ2) is 12.7. The maximum Gasteiger partial charge on any atom is 0.306 e. The van der Waals surface area contributed by atoms with Crippen LogP contribution in [0.2, 0.25) is 5.28 Å². The lowest BCUT2D eigenvalue weighted by molar-refractivity contribution is -0.137. The first-order valence-corrected chi connectivity index (χ1v) is 8.62. The molecule has 9 heteroatoms. The van der Waals surface area contributed by atoms with Crippen LogP contribution in [-0.4, -0.2) is 27.7 Å². The van der Waals surface area contributed by atoms with E-state index in [0.717, 1.165) is 0 Å². The fourth-order valence-corrected chi connectivity index (χ4v) is 1.76. The van der Waals surface area contributed by atoms with Crippen molar-refractivity contribution in [2.75, 3.05) is 17.3 Å². The number of nitrogens with two attached hydrogens (primary N) is 2. The Balaban J connectivity index is 0.00000146. The van der Waals surface area contributed by atoms with Gasteiger partial charge in [0.1, 0.15) is 5.75 Å². The Morgan fingerprint density at radius 2 is 1.81 bits per heavy atom. The molecule has 1 heterocycles. The first-order chi connectivity index (χ1) is 12.5. The molecule has 144 valence electrons. The van der Waals surface area contributed by atoms with Crippen LogP contribution in [-0.2, 0) is 4.79 Å². The Morgan fingerprint density at radius 3 is 2.35 bits per heavy atom. The highest BCUT2D eigenvalue weighted by molar-refractivity contribution is 6.28. The number of aliphatic carboxylic acids is 1. The molecule has 0 atom stereocenters. The number of hydrazine groups is 1. The summed E-state index contributed by atoms with van der Waals surface area (Å²) in [7, 11) is 0. The first-order valence-electron chi connectivity index (χ1n) is 8.25. The molecule has 0 aliphatic rings. The number of carbonyl (C=O) groups is 1. The van der Waals surface area contributed by atoms with Gasteiger partial charge in [-0.15, -0.1) is 0 Å². The molecular formula is C17H26ClN5O3. The van der Waals surface area contributed by atoms with Crippen LogP contribution in [0.25, 0.3) is 0 Å². The normalized spacial score (nSPS) is 9.15. The largest absolute Gasteiger partial charge is 0.493 e. The Labute approximate surface area is 158 Å². The minimum atomic E-state index is -0.916. The molecule has 5 N–H and O–H groups in total. The van der Waals surface area contributed by atoms with Crippen molar-refractivity contribution in [2.45, 2.75) is 34.1 Å². The number of carboxylic acid groups (broad SMARTS) is 1. The summed E-state index contributed by atoms with van der Waals surface area (Å²) >= 11 is 5.73. The second-order valence-electron chi connectivity index (χ2n) is 4.27. The van der Waals surface area contributed by atoms with Crippen molar-refractivity contribution in [3.63, 3.8) is 0 Å². The Hall–Kier alpha value is -2.58. The molecule has 0 aliphatic heterocycles. The topological polar surface area (TPSA) is 128 Å². The zero-order valence-corrected chi connectivity index (χ0v) is 16.2.